The summed E-state index contributed by atoms with van der Waals surface area (Å²) >= 11 is 0. The summed E-state index contributed by atoms with van der Waals surface area (Å²) in [5.41, 5.74) is 2.74. The van der Waals surface area contributed by atoms with Gasteiger partial charge in [-0.3, -0.25) is 4.79 Å². The number of halogens is 1. The second-order valence-corrected chi connectivity index (χ2v) is 6.22. The molecule has 0 radical (unpaired) electrons. The minimum atomic E-state index is -0.393. The summed E-state index contributed by atoms with van der Waals surface area (Å²) in [7, 11) is 0. The quantitative estimate of drug-likeness (QED) is 0.757. The summed E-state index contributed by atoms with van der Waals surface area (Å²) in [5.74, 6) is -0.619. The maximum Gasteiger partial charge on any atom is 0.251 e. The number of para-hydroxylation sites is 1. The minimum absolute atomic E-state index is 0.00257. The van der Waals surface area contributed by atoms with Gasteiger partial charge in [0.05, 0.1) is 0 Å². The Hall–Kier alpha value is -2.62. The van der Waals surface area contributed by atoms with Crippen LogP contribution in [0.4, 0.5) is 4.39 Å². The van der Waals surface area contributed by atoms with Crippen LogP contribution in [0.15, 0.2) is 54.7 Å². The molecule has 1 aliphatic carbocycles. The molecule has 0 aliphatic heterocycles. The van der Waals surface area contributed by atoms with Crippen LogP contribution in [0.2, 0.25) is 0 Å². The maximum absolute atomic E-state index is 13.2. The van der Waals surface area contributed by atoms with E-state index in [1.54, 1.807) is 12.1 Å². The number of aromatic amines is 1. The topological polar surface area (TPSA) is 44.9 Å². The third-order valence-electron chi connectivity index (χ3n) is 4.69. The molecule has 0 bridgehead atoms. The molecule has 1 aromatic heterocycles. The smallest absolute Gasteiger partial charge is 0.251 e. The molecule has 3 nitrogen and oxygen atoms in total. The number of carbonyl (C=O) groups excluding carboxylic acids is 1. The van der Waals surface area contributed by atoms with E-state index in [-0.39, 0.29) is 11.3 Å². The molecular formula is C19H17FN2O. The van der Waals surface area contributed by atoms with E-state index in [2.05, 4.69) is 22.4 Å². The highest BCUT2D eigenvalue weighted by molar-refractivity contribution is 5.94. The van der Waals surface area contributed by atoms with Crippen LogP contribution in [0.3, 0.4) is 0 Å². The van der Waals surface area contributed by atoms with Crippen LogP contribution in [0.25, 0.3) is 10.9 Å². The maximum atomic E-state index is 13.2. The Labute approximate surface area is 133 Å². The van der Waals surface area contributed by atoms with E-state index in [9.17, 15) is 9.18 Å². The van der Waals surface area contributed by atoms with Gasteiger partial charge in [-0.05, 0) is 42.7 Å². The average Bonchev–Trinajstić information content (AvgIpc) is 3.23. The first-order valence-electron chi connectivity index (χ1n) is 7.78. The summed E-state index contributed by atoms with van der Waals surface area (Å²) in [4.78, 5) is 15.5. The summed E-state index contributed by atoms with van der Waals surface area (Å²) < 4.78 is 13.2. The number of benzene rings is 2. The van der Waals surface area contributed by atoms with E-state index >= 15 is 0 Å². The zero-order chi connectivity index (χ0) is 15.9. The van der Waals surface area contributed by atoms with Gasteiger partial charge in [-0.15, -0.1) is 0 Å². The lowest BCUT2D eigenvalue weighted by atomic mass is 9.95. The van der Waals surface area contributed by atoms with E-state index in [0.717, 1.165) is 18.4 Å². The standard InChI is InChI=1S/C19H17FN2O/c20-14-5-3-4-13(10-14)18(23)22-12-19(8-9-19)16-11-21-17-7-2-1-6-15(16)17/h1-7,10-11,21H,8-9,12H2,(H,22,23). The molecule has 0 unspecified atom stereocenters. The van der Waals surface area contributed by atoms with Gasteiger partial charge in [-0.2, -0.15) is 0 Å². The molecular weight excluding hydrogens is 291 g/mol. The van der Waals surface area contributed by atoms with E-state index in [4.69, 9.17) is 0 Å². The third-order valence-corrected chi connectivity index (χ3v) is 4.69. The summed E-state index contributed by atoms with van der Waals surface area (Å²) in [6.45, 7) is 0.574. The number of rotatable bonds is 4. The van der Waals surface area contributed by atoms with Crippen molar-refractivity contribution in [1.29, 1.82) is 0 Å². The van der Waals surface area contributed by atoms with E-state index in [1.807, 2.05) is 18.3 Å². The monoisotopic (exact) mass is 308 g/mol. The molecule has 1 amide bonds. The number of hydrogen-bond donors (Lipinski definition) is 2. The first kappa shape index (κ1) is 14.0. The number of aromatic nitrogens is 1. The molecule has 0 saturated heterocycles. The van der Waals surface area contributed by atoms with E-state index in [0.29, 0.717) is 12.1 Å². The summed E-state index contributed by atoms with van der Waals surface area (Å²) in [5, 5.41) is 4.18. The normalized spacial score (nSPS) is 15.5. The number of nitrogens with one attached hydrogen (secondary N) is 2. The average molecular weight is 308 g/mol. The molecule has 1 fully saturated rings. The van der Waals surface area contributed by atoms with Gasteiger partial charge >= 0.3 is 0 Å². The molecule has 4 heteroatoms. The van der Waals surface area contributed by atoms with Crippen molar-refractivity contribution in [2.75, 3.05) is 6.54 Å². The van der Waals surface area contributed by atoms with Crippen LogP contribution in [-0.4, -0.2) is 17.4 Å². The number of carbonyl (C=O) groups is 1. The SMILES string of the molecule is O=C(NCC1(c2c[nH]c3ccccc23)CC1)c1cccc(F)c1. The van der Waals surface area contributed by atoms with Gasteiger partial charge in [-0.25, -0.2) is 4.39 Å². The molecule has 116 valence electrons. The predicted molar refractivity (Wildman–Crippen MR) is 87.9 cm³/mol. The van der Waals surface area contributed by atoms with Crippen LogP contribution >= 0.6 is 0 Å². The van der Waals surface area contributed by atoms with Gasteiger partial charge in [0.1, 0.15) is 5.82 Å². The first-order chi connectivity index (χ1) is 11.2. The highest BCUT2D eigenvalue weighted by atomic mass is 19.1. The minimum Gasteiger partial charge on any atom is -0.361 e. The molecule has 1 aliphatic rings. The Bertz CT molecular complexity index is 880. The number of H-pyrrole nitrogens is 1. The fourth-order valence-electron chi connectivity index (χ4n) is 3.18. The molecule has 0 atom stereocenters. The van der Waals surface area contributed by atoms with Gasteiger partial charge in [0.15, 0.2) is 0 Å². The molecule has 2 N–H and O–H groups in total. The van der Waals surface area contributed by atoms with Crippen molar-refractivity contribution in [1.82, 2.24) is 10.3 Å². The van der Waals surface area contributed by atoms with Gasteiger partial charge < -0.3 is 10.3 Å². The second kappa shape index (κ2) is 5.23. The van der Waals surface area contributed by atoms with Crippen LogP contribution in [-0.2, 0) is 5.41 Å². The molecule has 4 rings (SSSR count). The first-order valence-corrected chi connectivity index (χ1v) is 7.78. The molecule has 1 saturated carbocycles. The van der Waals surface area contributed by atoms with Crippen molar-refractivity contribution in [2.45, 2.75) is 18.3 Å². The molecule has 0 spiro atoms. The van der Waals surface area contributed by atoms with Crippen molar-refractivity contribution in [3.05, 3.63) is 71.7 Å². The number of hydrogen-bond acceptors (Lipinski definition) is 1. The van der Waals surface area contributed by atoms with Crippen LogP contribution in [0, 0.1) is 5.82 Å². The Morgan fingerprint density at radius 2 is 2.00 bits per heavy atom. The van der Waals surface area contributed by atoms with Gasteiger partial charge in [0, 0.05) is 34.6 Å². The van der Waals surface area contributed by atoms with Crippen LogP contribution in [0.1, 0.15) is 28.8 Å². The Balaban J connectivity index is 1.53. The zero-order valence-electron chi connectivity index (χ0n) is 12.6. The fraction of sp³-hybridized carbons (Fsp3) is 0.211. The van der Waals surface area contributed by atoms with E-state index < -0.39 is 5.82 Å². The lowest BCUT2D eigenvalue weighted by molar-refractivity contribution is 0.0949. The molecule has 3 aromatic rings. The lowest BCUT2D eigenvalue weighted by Gasteiger charge is -2.16. The lowest BCUT2D eigenvalue weighted by Crippen LogP contribution is -2.32. The Morgan fingerprint density at radius 3 is 2.78 bits per heavy atom. The largest absolute Gasteiger partial charge is 0.361 e. The van der Waals surface area contributed by atoms with Crippen molar-refractivity contribution in [2.24, 2.45) is 0 Å². The van der Waals surface area contributed by atoms with Crippen molar-refractivity contribution < 1.29 is 9.18 Å². The fourth-order valence-corrected chi connectivity index (χ4v) is 3.18. The molecule has 1 heterocycles. The molecule has 2 aromatic carbocycles. The van der Waals surface area contributed by atoms with Crippen molar-refractivity contribution in [3.63, 3.8) is 0 Å². The third kappa shape index (κ3) is 2.50. The summed E-state index contributed by atoms with van der Waals surface area (Å²) in [6.07, 6.45) is 4.16. The highest BCUT2D eigenvalue weighted by Gasteiger charge is 2.45. The van der Waals surface area contributed by atoms with Gasteiger partial charge in [-0.1, -0.05) is 24.3 Å². The van der Waals surface area contributed by atoms with Crippen molar-refractivity contribution in [3.8, 4) is 0 Å². The second-order valence-electron chi connectivity index (χ2n) is 6.22. The van der Waals surface area contributed by atoms with Crippen LogP contribution in [0.5, 0.6) is 0 Å². The van der Waals surface area contributed by atoms with E-state index in [1.165, 1.54) is 23.1 Å². The van der Waals surface area contributed by atoms with Gasteiger partial charge in [0.25, 0.3) is 5.91 Å². The predicted octanol–water partition coefficient (Wildman–Crippen LogP) is 3.77. The number of fused-ring (bicyclic) bond motifs is 1. The van der Waals surface area contributed by atoms with Crippen molar-refractivity contribution >= 4 is 16.8 Å². The number of amides is 1. The summed E-state index contributed by atoms with van der Waals surface area (Å²) in [6, 6.07) is 14.0. The highest BCUT2D eigenvalue weighted by Crippen LogP contribution is 2.49. The Morgan fingerprint density at radius 1 is 1.17 bits per heavy atom. The molecule has 23 heavy (non-hydrogen) atoms. The Kier molecular flexibility index (Phi) is 3.18. The zero-order valence-corrected chi connectivity index (χ0v) is 12.6. The van der Waals surface area contributed by atoms with Crippen LogP contribution < -0.4 is 5.32 Å². The van der Waals surface area contributed by atoms with Gasteiger partial charge in [0.2, 0.25) is 0 Å².